The average Bonchev–Trinajstić information content (AvgIpc) is 3.60. The van der Waals surface area contributed by atoms with Crippen LogP contribution in [0.3, 0.4) is 0 Å². The first kappa shape index (κ1) is 18.6. The second-order valence-electron chi connectivity index (χ2n) is 8.19. The largest absolute Gasteiger partial charge is 0.334 e. The molecule has 0 spiro atoms. The van der Waals surface area contributed by atoms with Crippen molar-refractivity contribution in [3.63, 3.8) is 0 Å². The minimum Gasteiger partial charge on any atom is -0.334 e. The highest BCUT2D eigenvalue weighted by Gasteiger charge is 2.32. The summed E-state index contributed by atoms with van der Waals surface area (Å²) >= 11 is 0. The summed E-state index contributed by atoms with van der Waals surface area (Å²) in [6.45, 7) is 2.93. The van der Waals surface area contributed by atoms with Crippen molar-refractivity contribution < 1.29 is 4.79 Å². The van der Waals surface area contributed by atoms with Crippen molar-refractivity contribution in [2.75, 3.05) is 0 Å². The lowest BCUT2D eigenvalue weighted by molar-refractivity contribution is -0.132. The number of aromatic nitrogens is 1. The van der Waals surface area contributed by atoms with Gasteiger partial charge < -0.3 is 9.47 Å². The molecule has 0 atom stereocenters. The fourth-order valence-electron chi connectivity index (χ4n) is 4.29. The molecule has 1 aliphatic rings. The van der Waals surface area contributed by atoms with E-state index in [9.17, 15) is 9.59 Å². The quantitative estimate of drug-likeness (QED) is 0.461. The van der Waals surface area contributed by atoms with E-state index < -0.39 is 0 Å². The average molecular weight is 396 g/mol. The van der Waals surface area contributed by atoms with E-state index in [1.165, 1.54) is 5.56 Å². The summed E-state index contributed by atoms with van der Waals surface area (Å²) in [7, 11) is 0. The molecule has 1 amide bonds. The van der Waals surface area contributed by atoms with Gasteiger partial charge in [0.25, 0.3) is 0 Å². The van der Waals surface area contributed by atoms with Crippen LogP contribution in [0.15, 0.2) is 77.6 Å². The van der Waals surface area contributed by atoms with Gasteiger partial charge in [-0.25, -0.2) is 0 Å². The zero-order valence-corrected chi connectivity index (χ0v) is 17.0. The SMILES string of the molecule is Cc1cccc(CN(C(=O)Cn2c3ccccc3c(=O)c3ccccc32)C2CC2)c1. The van der Waals surface area contributed by atoms with Crippen LogP contribution in [0, 0.1) is 6.92 Å². The van der Waals surface area contributed by atoms with E-state index in [-0.39, 0.29) is 17.9 Å². The van der Waals surface area contributed by atoms with Gasteiger partial charge in [-0.2, -0.15) is 0 Å². The van der Waals surface area contributed by atoms with E-state index in [4.69, 9.17) is 0 Å². The molecule has 0 aliphatic heterocycles. The number of carbonyl (C=O) groups excluding carboxylic acids is 1. The van der Waals surface area contributed by atoms with Crippen molar-refractivity contribution in [3.05, 3.63) is 94.1 Å². The second kappa shape index (κ2) is 7.45. The highest BCUT2D eigenvalue weighted by Crippen LogP contribution is 2.29. The van der Waals surface area contributed by atoms with Crippen LogP contribution in [-0.2, 0) is 17.9 Å². The highest BCUT2D eigenvalue weighted by molar-refractivity contribution is 5.94. The van der Waals surface area contributed by atoms with Crippen LogP contribution in [0.5, 0.6) is 0 Å². The normalized spacial score (nSPS) is 13.6. The van der Waals surface area contributed by atoms with Gasteiger partial charge in [-0.05, 0) is 49.6 Å². The van der Waals surface area contributed by atoms with Gasteiger partial charge in [0.1, 0.15) is 6.54 Å². The van der Waals surface area contributed by atoms with Crippen LogP contribution >= 0.6 is 0 Å². The van der Waals surface area contributed by atoms with Crippen LogP contribution in [0.25, 0.3) is 21.8 Å². The first-order valence-corrected chi connectivity index (χ1v) is 10.5. The number of para-hydroxylation sites is 2. The molecule has 30 heavy (non-hydrogen) atoms. The Hall–Kier alpha value is -3.40. The summed E-state index contributed by atoms with van der Waals surface area (Å²) in [5.41, 5.74) is 3.99. The fourth-order valence-corrected chi connectivity index (χ4v) is 4.29. The van der Waals surface area contributed by atoms with E-state index in [2.05, 4.69) is 25.1 Å². The van der Waals surface area contributed by atoms with Crippen LogP contribution in [0.1, 0.15) is 24.0 Å². The lowest BCUT2D eigenvalue weighted by Gasteiger charge is -2.24. The second-order valence-corrected chi connectivity index (χ2v) is 8.19. The molecule has 150 valence electrons. The molecule has 0 radical (unpaired) electrons. The maximum Gasteiger partial charge on any atom is 0.243 e. The number of benzene rings is 3. The van der Waals surface area contributed by atoms with Crippen molar-refractivity contribution in [3.8, 4) is 0 Å². The minimum absolute atomic E-state index is 0.0173. The van der Waals surface area contributed by atoms with E-state index in [1.807, 2.05) is 64.1 Å². The summed E-state index contributed by atoms with van der Waals surface area (Å²) in [4.78, 5) is 28.4. The summed E-state index contributed by atoms with van der Waals surface area (Å²) in [5.74, 6) is 0.0953. The molecule has 1 heterocycles. The third-order valence-electron chi connectivity index (χ3n) is 5.92. The molecule has 0 saturated heterocycles. The Balaban J connectivity index is 1.56. The molecule has 4 nitrogen and oxygen atoms in total. The molecule has 0 bridgehead atoms. The molecular weight excluding hydrogens is 372 g/mol. The topological polar surface area (TPSA) is 42.3 Å². The summed E-state index contributed by atoms with van der Waals surface area (Å²) < 4.78 is 2.00. The van der Waals surface area contributed by atoms with Gasteiger partial charge in [-0.15, -0.1) is 0 Å². The van der Waals surface area contributed by atoms with Crippen LogP contribution in [-0.4, -0.2) is 21.4 Å². The van der Waals surface area contributed by atoms with Gasteiger partial charge >= 0.3 is 0 Å². The van der Waals surface area contributed by atoms with Gasteiger partial charge in [-0.3, -0.25) is 9.59 Å². The van der Waals surface area contributed by atoms with Crippen molar-refractivity contribution in [2.24, 2.45) is 0 Å². The van der Waals surface area contributed by atoms with Crippen molar-refractivity contribution in [1.29, 1.82) is 0 Å². The third-order valence-corrected chi connectivity index (χ3v) is 5.92. The Morgan fingerprint density at radius 3 is 2.17 bits per heavy atom. The van der Waals surface area contributed by atoms with E-state index in [0.29, 0.717) is 23.4 Å². The molecule has 3 aromatic carbocycles. The molecule has 4 heteroatoms. The number of pyridine rings is 1. The van der Waals surface area contributed by atoms with Crippen molar-refractivity contribution >= 4 is 27.7 Å². The Kier molecular flexibility index (Phi) is 4.62. The Labute approximate surface area is 175 Å². The number of hydrogen-bond donors (Lipinski definition) is 0. The molecule has 1 aliphatic carbocycles. The van der Waals surface area contributed by atoms with Crippen molar-refractivity contribution in [2.45, 2.75) is 38.9 Å². The van der Waals surface area contributed by atoms with Gasteiger partial charge in [0.05, 0.1) is 11.0 Å². The summed E-state index contributed by atoms with van der Waals surface area (Å²) in [6, 6.07) is 23.8. The maximum absolute atomic E-state index is 13.5. The first-order valence-electron chi connectivity index (χ1n) is 10.5. The molecule has 0 unspecified atom stereocenters. The van der Waals surface area contributed by atoms with Gasteiger partial charge in [0, 0.05) is 23.4 Å². The third kappa shape index (κ3) is 3.39. The number of rotatable bonds is 5. The number of amides is 1. The molecule has 1 fully saturated rings. The molecule has 1 saturated carbocycles. The number of hydrogen-bond acceptors (Lipinski definition) is 2. The van der Waals surface area contributed by atoms with Gasteiger partial charge in [0.15, 0.2) is 5.43 Å². The lowest BCUT2D eigenvalue weighted by atomic mass is 10.1. The molecule has 4 aromatic rings. The standard InChI is InChI=1S/C26H24N2O2/c1-18-7-6-8-19(15-18)16-27(20-13-14-20)25(29)17-28-23-11-4-2-9-21(23)26(30)22-10-3-5-12-24(22)28/h2-12,15,20H,13-14,16-17H2,1H3. The molecule has 5 rings (SSSR count). The molecule has 0 N–H and O–H groups in total. The van der Waals surface area contributed by atoms with Crippen LogP contribution < -0.4 is 5.43 Å². The summed E-state index contributed by atoms with van der Waals surface area (Å²) in [5, 5.41) is 1.31. The number of aryl methyl sites for hydroxylation is 1. The van der Waals surface area contributed by atoms with E-state index in [1.54, 1.807) is 0 Å². The highest BCUT2D eigenvalue weighted by atomic mass is 16.2. The number of carbonyl (C=O) groups is 1. The first-order chi connectivity index (χ1) is 14.6. The zero-order valence-electron chi connectivity index (χ0n) is 17.0. The zero-order chi connectivity index (χ0) is 20.7. The lowest BCUT2D eigenvalue weighted by Crippen LogP contribution is -2.35. The fraction of sp³-hybridized carbons (Fsp3) is 0.231. The Bertz CT molecular complexity index is 1260. The maximum atomic E-state index is 13.5. The molecular formula is C26H24N2O2. The van der Waals surface area contributed by atoms with Crippen LogP contribution in [0.4, 0.5) is 0 Å². The Morgan fingerprint density at radius 1 is 0.933 bits per heavy atom. The predicted molar refractivity (Wildman–Crippen MR) is 120 cm³/mol. The molecule has 1 aromatic heterocycles. The smallest absolute Gasteiger partial charge is 0.243 e. The summed E-state index contributed by atoms with van der Waals surface area (Å²) in [6.07, 6.45) is 2.12. The van der Waals surface area contributed by atoms with E-state index in [0.717, 1.165) is 29.4 Å². The Morgan fingerprint density at radius 2 is 1.57 bits per heavy atom. The van der Waals surface area contributed by atoms with Crippen LogP contribution in [0.2, 0.25) is 0 Å². The monoisotopic (exact) mass is 396 g/mol. The number of fused-ring (bicyclic) bond motifs is 2. The number of nitrogens with zero attached hydrogens (tertiary/aromatic N) is 2. The van der Waals surface area contributed by atoms with Crippen molar-refractivity contribution in [1.82, 2.24) is 9.47 Å². The predicted octanol–water partition coefficient (Wildman–Crippen LogP) is 4.65. The minimum atomic E-state index is 0.0173. The van der Waals surface area contributed by atoms with E-state index >= 15 is 0 Å². The van der Waals surface area contributed by atoms with Gasteiger partial charge in [-0.1, -0.05) is 54.1 Å². The van der Waals surface area contributed by atoms with Gasteiger partial charge in [0.2, 0.25) is 5.91 Å².